The van der Waals surface area contributed by atoms with Crippen LogP contribution in [-0.2, 0) is 9.59 Å². The highest BCUT2D eigenvalue weighted by Gasteiger charge is 2.34. The van der Waals surface area contributed by atoms with Gasteiger partial charge in [-0.1, -0.05) is 11.6 Å². The van der Waals surface area contributed by atoms with Crippen LogP contribution in [0.25, 0.3) is 16.7 Å². The van der Waals surface area contributed by atoms with Crippen LogP contribution in [0.4, 0.5) is 4.39 Å². The lowest BCUT2D eigenvalue weighted by Crippen LogP contribution is -2.56. The highest BCUT2D eigenvalue weighted by molar-refractivity contribution is 6.45. The van der Waals surface area contributed by atoms with Gasteiger partial charge in [0.25, 0.3) is 11.7 Å². The summed E-state index contributed by atoms with van der Waals surface area (Å²) in [6.45, 7) is 2.14. The highest BCUT2D eigenvalue weighted by atomic mass is 19.1. The molecule has 2 fully saturated rings. The number of aromatic amines is 1. The largest absolute Gasteiger partial charge is 0.357 e. The number of H-pyrrole nitrogens is 1. The molecule has 34 heavy (non-hydrogen) atoms. The number of aromatic nitrogens is 5. The summed E-state index contributed by atoms with van der Waals surface area (Å²) in [4.78, 5) is 51.1. The average Bonchev–Trinajstić information content (AvgIpc) is 3.55. The number of ketones is 1. The van der Waals surface area contributed by atoms with Crippen LogP contribution in [0, 0.1) is 5.82 Å². The minimum absolute atomic E-state index is 0.0204. The molecule has 0 aliphatic carbocycles. The second-order valence-corrected chi connectivity index (χ2v) is 8.67. The van der Waals surface area contributed by atoms with Gasteiger partial charge in [0.2, 0.25) is 5.91 Å². The Morgan fingerprint density at radius 2 is 1.85 bits per heavy atom. The molecule has 5 rings (SSSR count). The van der Waals surface area contributed by atoms with Gasteiger partial charge in [0.1, 0.15) is 0 Å². The molecule has 2 amide bonds. The summed E-state index contributed by atoms with van der Waals surface area (Å²) >= 11 is 0. The highest BCUT2D eigenvalue weighted by Crippen LogP contribution is 2.26. The summed E-state index contributed by atoms with van der Waals surface area (Å²) in [6, 6.07) is -0.125. The van der Waals surface area contributed by atoms with Crippen LogP contribution in [-0.4, -0.2) is 103 Å². The Morgan fingerprint density at radius 1 is 1.09 bits per heavy atom. The molecule has 0 radical (unpaired) electrons. The first kappa shape index (κ1) is 22.1. The zero-order valence-electron chi connectivity index (χ0n) is 18.8. The van der Waals surface area contributed by atoms with Gasteiger partial charge in [0.05, 0.1) is 41.1 Å². The van der Waals surface area contributed by atoms with Gasteiger partial charge < -0.3 is 14.8 Å². The summed E-state index contributed by atoms with van der Waals surface area (Å²) in [7, 11) is 1.96. The van der Waals surface area contributed by atoms with E-state index in [1.54, 1.807) is 11.1 Å². The molecule has 1 N–H and O–H groups in total. The first-order valence-corrected chi connectivity index (χ1v) is 11.3. The summed E-state index contributed by atoms with van der Waals surface area (Å²) < 4.78 is 16.0. The van der Waals surface area contributed by atoms with E-state index in [0.29, 0.717) is 13.1 Å². The minimum Gasteiger partial charge on any atom is -0.357 e. The van der Waals surface area contributed by atoms with Crippen LogP contribution in [0.3, 0.4) is 0 Å². The standard InChI is InChI=1S/C22H25FN8O3/c1-28-6-3-2-4-16(28)21(33)29-8-10-30(11-9-29)22(34)19(32)14-12-24-18-17(14)15(23)13-25-20(18)31-7-5-26-27-31/h5,7,12-13,16,24H,2-4,6,8-11H2,1H3. The van der Waals surface area contributed by atoms with Gasteiger partial charge in [-0.15, -0.1) is 5.10 Å². The lowest BCUT2D eigenvalue weighted by molar-refractivity contribution is -0.142. The number of halogens is 1. The summed E-state index contributed by atoms with van der Waals surface area (Å²) in [5, 5.41) is 7.55. The summed E-state index contributed by atoms with van der Waals surface area (Å²) in [5.41, 5.74) is 0.178. The smallest absolute Gasteiger partial charge is 0.295 e. The second kappa shape index (κ2) is 8.93. The van der Waals surface area contributed by atoms with Crippen LogP contribution in [0.2, 0.25) is 0 Å². The van der Waals surface area contributed by atoms with Crippen molar-refractivity contribution in [3.63, 3.8) is 0 Å². The SMILES string of the molecule is CN1CCCCC1C(=O)N1CCN(C(=O)C(=O)c2c[nH]c3c(-n4ccnn4)ncc(F)c23)CC1. The monoisotopic (exact) mass is 468 g/mol. The summed E-state index contributed by atoms with van der Waals surface area (Å²) in [5.74, 6) is -1.91. The maximum Gasteiger partial charge on any atom is 0.295 e. The van der Waals surface area contributed by atoms with Crippen molar-refractivity contribution < 1.29 is 18.8 Å². The molecule has 5 heterocycles. The first-order chi connectivity index (χ1) is 16.5. The van der Waals surface area contributed by atoms with Crippen LogP contribution >= 0.6 is 0 Å². The van der Waals surface area contributed by atoms with Crippen LogP contribution in [0.15, 0.2) is 24.8 Å². The topological polar surface area (TPSA) is 120 Å². The number of likely N-dealkylation sites (N-methyl/N-ethyl adjacent to an activating group) is 1. The van der Waals surface area contributed by atoms with Crippen molar-refractivity contribution in [2.24, 2.45) is 0 Å². The van der Waals surface area contributed by atoms with E-state index in [2.05, 4.69) is 25.2 Å². The molecule has 1 unspecified atom stereocenters. The third-order valence-electron chi connectivity index (χ3n) is 6.66. The van der Waals surface area contributed by atoms with Crippen molar-refractivity contribution in [1.82, 2.24) is 39.7 Å². The van der Waals surface area contributed by atoms with E-state index in [1.165, 1.54) is 22.0 Å². The average molecular weight is 468 g/mol. The quantitative estimate of drug-likeness (QED) is 0.440. The van der Waals surface area contributed by atoms with E-state index >= 15 is 0 Å². The molecule has 0 bridgehead atoms. The van der Waals surface area contributed by atoms with Crippen molar-refractivity contribution in [2.75, 3.05) is 39.8 Å². The maximum atomic E-state index is 14.7. The Kier molecular flexibility index (Phi) is 5.82. The maximum absolute atomic E-state index is 14.7. The van der Waals surface area contributed by atoms with Crippen molar-refractivity contribution in [3.05, 3.63) is 36.2 Å². The van der Waals surface area contributed by atoms with Gasteiger partial charge in [0, 0.05) is 32.4 Å². The number of likely N-dealkylation sites (tertiary alicyclic amines) is 1. The molecule has 3 aromatic heterocycles. The van der Waals surface area contributed by atoms with Gasteiger partial charge in [-0.25, -0.2) is 14.1 Å². The molecular formula is C22H25FN8O3. The number of hydrogen-bond acceptors (Lipinski definition) is 7. The van der Waals surface area contributed by atoms with Crippen LogP contribution < -0.4 is 0 Å². The molecule has 0 spiro atoms. The van der Waals surface area contributed by atoms with Gasteiger partial charge in [-0.05, 0) is 26.4 Å². The number of Topliss-reactive ketones (excluding diaryl/α,β-unsaturated/α-hetero) is 1. The van der Waals surface area contributed by atoms with Crippen LogP contribution in [0.5, 0.6) is 0 Å². The molecule has 1 atom stereocenters. The van der Waals surface area contributed by atoms with E-state index in [-0.39, 0.29) is 47.3 Å². The molecule has 11 nitrogen and oxygen atoms in total. The molecule has 0 saturated carbocycles. The lowest BCUT2D eigenvalue weighted by Gasteiger charge is -2.39. The van der Waals surface area contributed by atoms with E-state index in [0.717, 1.165) is 32.0 Å². The number of carbonyl (C=O) groups excluding carboxylic acids is 3. The molecule has 2 aliphatic heterocycles. The van der Waals surface area contributed by atoms with Gasteiger partial charge in [0.15, 0.2) is 11.6 Å². The van der Waals surface area contributed by atoms with E-state index in [1.807, 2.05) is 7.05 Å². The molecule has 2 saturated heterocycles. The minimum atomic E-state index is -0.812. The number of amides is 2. The zero-order valence-corrected chi connectivity index (χ0v) is 18.8. The lowest BCUT2D eigenvalue weighted by atomic mass is 10.0. The van der Waals surface area contributed by atoms with Gasteiger partial charge in [-0.2, -0.15) is 0 Å². The van der Waals surface area contributed by atoms with Crippen molar-refractivity contribution in [1.29, 1.82) is 0 Å². The molecule has 12 heteroatoms. The van der Waals surface area contributed by atoms with E-state index in [4.69, 9.17) is 0 Å². The van der Waals surface area contributed by atoms with Crippen LogP contribution in [0.1, 0.15) is 29.6 Å². The number of piperidine rings is 1. The van der Waals surface area contributed by atoms with Gasteiger partial charge in [-0.3, -0.25) is 19.3 Å². The number of piperazine rings is 1. The number of hydrogen-bond donors (Lipinski definition) is 1. The van der Waals surface area contributed by atoms with Crippen molar-refractivity contribution in [2.45, 2.75) is 25.3 Å². The number of carbonyl (C=O) groups is 3. The van der Waals surface area contributed by atoms with Crippen molar-refractivity contribution in [3.8, 4) is 5.82 Å². The van der Waals surface area contributed by atoms with E-state index in [9.17, 15) is 18.8 Å². The fraction of sp³-hybridized carbons (Fsp3) is 0.455. The number of rotatable bonds is 4. The van der Waals surface area contributed by atoms with Crippen molar-refractivity contribution >= 4 is 28.5 Å². The first-order valence-electron chi connectivity index (χ1n) is 11.3. The Morgan fingerprint density at radius 3 is 2.56 bits per heavy atom. The Labute approximate surface area is 194 Å². The molecule has 178 valence electrons. The second-order valence-electron chi connectivity index (χ2n) is 8.67. The Balaban J connectivity index is 1.30. The molecule has 0 aromatic carbocycles. The normalized spacial score (nSPS) is 19.5. The fourth-order valence-electron chi connectivity index (χ4n) is 4.76. The fourth-order valence-corrected chi connectivity index (χ4v) is 4.76. The Hall–Kier alpha value is -3.67. The van der Waals surface area contributed by atoms with E-state index < -0.39 is 17.5 Å². The third-order valence-corrected chi connectivity index (χ3v) is 6.66. The summed E-state index contributed by atoms with van der Waals surface area (Å²) in [6.07, 6.45) is 8.25. The number of fused-ring (bicyclic) bond motifs is 1. The van der Waals surface area contributed by atoms with Gasteiger partial charge >= 0.3 is 0 Å². The molecule has 3 aromatic rings. The number of nitrogens with zero attached hydrogens (tertiary/aromatic N) is 7. The zero-order chi connectivity index (χ0) is 23.8. The number of pyridine rings is 1. The predicted molar refractivity (Wildman–Crippen MR) is 119 cm³/mol. The number of nitrogens with one attached hydrogen (secondary N) is 1. The third kappa shape index (κ3) is 3.83. The molecule has 2 aliphatic rings. The Bertz CT molecular complexity index is 1230. The molecular weight excluding hydrogens is 443 g/mol. The predicted octanol–water partition coefficient (Wildman–Crippen LogP) is 0.621.